The average Bonchev–Trinajstić information content (AvgIpc) is 2.79. The normalized spacial score (nSPS) is 12.1. The van der Waals surface area contributed by atoms with Crippen LogP contribution in [0.15, 0.2) is 0 Å². The van der Waals surface area contributed by atoms with Gasteiger partial charge < -0.3 is 15.0 Å². The van der Waals surface area contributed by atoms with Crippen LogP contribution in [-0.4, -0.2) is 52.5 Å². The molecule has 0 saturated carbocycles. The summed E-state index contributed by atoms with van der Waals surface area (Å²) in [6.45, 7) is 16.1. The van der Waals surface area contributed by atoms with E-state index < -0.39 is 5.60 Å². The van der Waals surface area contributed by atoms with Crippen LogP contribution < -0.4 is 10.2 Å². The van der Waals surface area contributed by atoms with Crippen molar-refractivity contribution in [3.05, 3.63) is 5.82 Å². The lowest BCUT2D eigenvalue weighted by atomic mass is 10.1. The van der Waals surface area contributed by atoms with E-state index in [0.717, 1.165) is 6.54 Å². The van der Waals surface area contributed by atoms with Crippen molar-refractivity contribution >= 4 is 11.9 Å². The molecule has 7 heteroatoms. The molecule has 0 spiro atoms. The summed E-state index contributed by atoms with van der Waals surface area (Å²) in [6.07, 6.45) is 0. The lowest BCUT2D eigenvalue weighted by Gasteiger charge is -2.28. The maximum atomic E-state index is 12.5. The zero-order valence-electron chi connectivity index (χ0n) is 16.4. The van der Waals surface area contributed by atoms with Gasteiger partial charge in [-0.1, -0.05) is 13.8 Å². The monoisotopic (exact) mass is 339 g/mol. The summed E-state index contributed by atoms with van der Waals surface area (Å²) in [5.41, 5.74) is -0.419. The number of aromatic nitrogens is 3. The summed E-state index contributed by atoms with van der Waals surface area (Å²) in [5.74, 6) is 1.27. The molecule has 0 bridgehead atoms. The van der Waals surface area contributed by atoms with Crippen LogP contribution in [0.3, 0.4) is 0 Å². The summed E-state index contributed by atoms with van der Waals surface area (Å²) in [4.78, 5) is 14.5. The number of amides is 1. The van der Waals surface area contributed by atoms with Crippen LogP contribution >= 0.6 is 0 Å². The molecule has 1 aromatic heterocycles. The molecule has 0 radical (unpaired) electrons. The molecule has 138 valence electrons. The molecule has 1 aromatic rings. The molecule has 0 aliphatic heterocycles. The molecular formula is C17H33N5O2. The van der Waals surface area contributed by atoms with Crippen molar-refractivity contribution < 1.29 is 9.53 Å². The van der Waals surface area contributed by atoms with Gasteiger partial charge in [0, 0.05) is 26.2 Å². The van der Waals surface area contributed by atoms with Crippen molar-refractivity contribution in [2.45, 2.75) is 66.7 Å². The van der Waals surface area contributed by atoms with E-state index in [1.54, 1.807) is 0 Å². The lowest BCUT2D eigenvalue weighted by Crippen LogP contribution is -2.37. The Bertz CT molecular complexity index is 537. The predicted octanol–water partition coefficient (Wildman–Crippen LogP) is 2.32. The van der Waals surface area contributed by atoms with E-state index in [9.17, 15) is 4.79 Å². The number of ether oxygens (including phenoxy) is 1. The van der Waals surface area contributed by atoms with Crippen LogP contribution in [0, 0.1) is 5.92 Å². The van der Waals surface area contributed by atoms with Gasteiger partial charge in [-0.15, -0.1) is 10.2 Å². The van der Waals surface area contributed by atoms with Crippen molar-refractivity contribution in [3.8, 4) is 0 Å². The Balaban J connectivity index is 3.20. The van der Waals surface area contributed by atoms with Gasteiger partial charge >= 0.3 is 0 Å². The molecule has 24 heavy (non-hydrogen) atoms. The van der Waals surface area contributed by atoms with Gasteiger partial charge in [-0.05, 0) is 40.5 Å². The SMILES string of the molecule is CCOC(C)(C)Cn1c(C(=O)NC(C)C)nnc1N(C)CC(C)C. The molecule has 1 heterocycles. The number of carbonyl (C=O) groups excluding carboxylic acids is 1. The van der Waals surface area contributed by atoms with Gasteiger partial charge in [-0.3, -0.25) is 9.36 Å². The van der Waals surface area contributed by atoms with Crippen molar-refractivity contribution in [1.29, 1.82) is 0 Å². The second-order valence-electron chi connectivity index (χ2n) is 7.50. The molecule has 0 aliphatic carbocycles. The van der Waals surface area contributed by atoms with Crippen molar-refractivity contribution in [3.63, 3.8) is 0 Å². The maximum Gasteiger partial charge on any atom is 0.289 e. The molecule has 7 nitrogen and oxygen atoms in total. The zero-order chi connectivity index (χ0) is 18.5. The third-order valence-corrected chi connectivity index (χ3v) is 3.41. The highest BCUT2D eigenvalue weighted by Gasteiger charge is 2.27. The van der Waals surface area contributed by atoms with Gasteiger partial charge in [-0.2, -0.15) is 0 Å². The molecule has 0 fully saturated rings. The second-order valence-corrected chi connectivity index (χ2v) is 7.50. The number of nitrogens with zero attached hydrogens (tertiary/aromatic N) is 4. The minimum atomic E-state index is -0.419. The topological polar surface area (TPSA) is 72.3 Å². The highest BCUT2D eigenvalue weighted by molar-refractivity contribution is 5.91. The van der Waals surface area contributed by atoms with E-state index in [0.29, 0.717) is 30.8 Å². The molecule has 0 aliphatic rings. The van der Waals surface area contributed by atoms with Gasteiger partial charge in [0.15, 0.2) is 0 Å². The van der Waals surface area contributed by atoms with Gasteiger partial charge in [-0.25, -0.2) is 0 Å². The molecule has 1 rings (SSSR count). The fraction of sp³-hybridized carbons (Fsp3) is 0.824. The first-order valence-electron chi connectivity index (χ1n) is 8.66. The summed E-state index contributed by atoms with van der Waals surface area (Å²) in [6, 6.07) is 0.0411. The van der Waals surface area contributed by atoms with Crippen molar-refractivity contribution in [1.82, 2.24) is 20.1 Å². The van der Waals surface area contributed by atoms with Crippen molar-refractivity contribution in [2.24, 2.45) is 5.92 Å². The summed E-state index contributed by atoms with van der Waals surface area (Å²) < 4.78 is 7.66. The fourth-order valence-corrected chi connectivity index (χ4v) is 2.66. The lowest BCUT2D eigenvalue weighted by molar-refractivity contribution is -0.0225. The van der Waals surface area contributed by atoms with E-state index in [2.05, 4.69) is 29.4 Å². The Hall–Kier alpha value is -1.63. The highest BCUT2D eigenvalue weighted by Crippen LogP contribution is 2.20. The third kappa shape index (κ3) is 5.78. The van der Waals surface area contributed by atoms with E-state index in [1.165, 1.54) is 0 Å². The van der Waals surface area contributed by atoms with Gasteiger partial charge in [0.2, 0.25) is 11.8 Å². The number of hydrogen-bond donors (Lipinski definition) is 1. The van der Waals surface area contributed by atoms with E-state index in [-0.39, 0.29) is 11.9 Å². The third-order valence-electron chi connectivity index (χ3n) is 3.41. The second kappa shape index (κ2) is 8.46. The maximum absolute atomic E-state index is 12.5. The van der Waals surface area contributed by atoms with Crippen LogP contribution in [-0.2, 0) is 11.3 Å². The summed E-state index contributed by atoms with van der Waals surface area (Å²) >= 11 is 0. The number of rotatable bonds is 9. The molecule has 0 unspecified atom stereocenters. The number of hydrogen-bond acceptors (Lipinski definition) is 5. The Morgan fingerprint density at radius 3 is 2.42 bits per heavy atom. The number of anilines is 1. The molecule has 1 amide bonds. The largest absolute Gasteiger partial charge is 0.374 e. The first-order valence-corrected chi connectivity index (χ1v) is 8.66. The molecule has 0 atom stereocenters. The summed E-state index contributed by atoms with van der Waals surface area (Å²) in [7, 11) is 1.97. The van der Waals surface area contributed by atoms with Crippen molar-refractivity contribution in [2.75, 3.05) is 25.1 Å². The Kier molecular flexibility index (Phi) is 7.20. The molecule has 0 saturated heterocycles. The first kappa shape index (κ1) is 20.4. The molecular weight excluding hydrogens is 306 g/mol. The minimum Gasteiger partial charge on any atom is -0.374 e. The minimum absolute atomic E-state index is 0.0411. The van der Waals surface area contributed by atoms with Crippen LogP contribution in [0.4, 0.5) is 5.95 Å². The highest BCUT2D eigenvalue weighted by atomic mass is 16.5. The summed E-state index contributed by atoms with van der Waals surface area (Å²) in [5, 5.41) is 11.3. The first-order chi connectivity index (χ1) is 11.1. The molecule has 0 aromatic carbocycles. The Morgan fingerprint density at radius 1 is 1.29 bits per heavy atom. The quantitative estimate of drug-likeness (QED) is 0.747. The number of carbonyl (C=O) groups is 1. The van der Waals surface area contributed by atoms with Crippen LogP contribution in [0.25, 0.3) is 0 Å². The smallest absolute Gasteiger partial charge is 0.289 e. The zero-order valence-corrected chi connectivity index (χ0v) is 16.4. The molecule has 1 N–H and O–H groups in total. The number of nitrogens with one attached hydrogen (secondary N) is 1. The van der Waals surface area contributed by atoms with E-state index in [4.69, 9.17) is 4.74 Å². The van der Waals surface area contributed by atoms with E-state index in [1.807, 2.05) is 51.1 Å². The van der Waals surface area contributed by atoms with Crippen LogP contribution in [0.2, 0.25) is 0 Å². The Labute approximate surface area is 145 Å². The standard InChI is InChI=1S/C17H33N5O2/c1-9-24-17(6,7)11-22-14(15(23)18-13(4)5)19-20-16(22)21(8)10-12(2)3/h12-13H,9-11H2,1-8H3,(H,18,23). The Morgan fingerprint density at radius 2 is 1.92 bits per heavy atom. The van der Waals surface area contributed by atoms with Gasteiger partial charge in [0.1, 0.15) is 0 Å². The van der Waals surface area contributed by atoms with Crippen LogP contribution in [0.5, 0.6) is 0 Å². The van der Waals surface area contributed by atoms with Gasteiger partial charge in [0.25, 0.3) is 5.91 Å². The van der Waals surface area contributed by atoms with E-state index >= 15 is 0 Å². The fourth-order valence-electron chi connectivity index (χ4n) is 2.66. The predicted molar refractivity (Wildman–Crippen MR) is 96.4 cm³/mol. The van der Waals surface area contributed by atoms with Gasteiger partial charge in [0.05, 0.1) is 12.1 Å². The average molecular weight is 339 g/mol. The van der Waals surface area contributed by atoms with Crippen LogP contribution in [0.1, 0.15) is 59.1 Å².